The first kappa shape index (κ1) is 15.2. The summed E-state index contributed by atoms with van der Waals surface area (Å²) in [4.78, 5) is 24.3. The molecular formula is C14H19N3O4. The monoisotopic (exact) mass is 293 g/mol. The molecule has 1 heterocycles. The summed E-state index contributed by atoms with van der Waals surface area (Å²) in [5, 5.41) is 13.6. The van der Waals surface area contributed by atoms with Gasteiger partial charge in [0.1, 0.15) is 5.69 Å². The minimum absolute atomic E-state index is 0.0419. The van der Waals surface area contributed by atoms with Crippen LogP contribution in [0, 0.1) is 10.1 Å². The van der Waals surface area contributed by atoms with Crippen molar-refractivity contribution in [2.24, 2.45) is 0 Å². The highest BCUT2D eigenvalue weighted by Crippen LogP contribution is 2.24. The Kier molecular flexibility index (Phi) is 5.10. The number of ether oxygens (including phenoxy) is 1. The Labute approximate surface area is 123 Å². The number of carbonyl (C=O) groups is 1. The number of nitro groups is 1. The third-order valence-electron chi connectivity index (χ3n) is 3.41. The predicted molar refractivity (Wildman–Crippen MR) is 78.3 cm³/mol. The molecule has 1 aromatic rings. The number of nitrogens with one attached hydrogen (secondary N) is 1. The van der Waals surface area contributed by atoms with E-state index >= 15 is 0 Å². The number of benzene rings is 1. The summed E-state index contributed by atoms with van der Waals surface area (Å²) in [6.45, 7) is 3.69. The molecule has 0 radical (unpaired) electrons. The number of likely N-dealkylation sites (tertiary alicyclic amines) is 1. The molecule has 1 saturated heterocycles. The first-order chi connectivity index (χ1) is 10.1. The van der Waals surface area contributed by atoms with Gasteiger partial charge in [-0.2, -0.15) is 0 Å². The van der Waals surface area contributed by atoms with E-state index in [0.29, 0.717) is 19.7 Å². The van der Waals surface area contributed by atoms with E-state index in [1.54, 1.807) is 17.0 Å². The molecule has 1 atom stereocenters. The molecule has 7 heteroatoms. The van der Waals surface area contributed by atoms with E-state index in [0.717, 1.165) is 12.8 Å². The maximum Gasteiger partial charge on any atom is 0.322 e. The van der Waals surface area contributed by atoms with Gasteiger partial charge < -0.3 is 15.0 Å². The Morgan fingerprint density at radius 3 is 3.00 bits per heavy atom. The molecule has 1 aliphatic rings. The molecule has 1 aliphatic heterocycles. The predicted octanol–water partition coefficient (Wildman–Crippen LogP) is 2.63. The summed E-state index contributed by atoms with van der Waals surface area (Å²) in [6.07, 6.45) is 1.85. The van der Waals surface area contributed by atoms with E-state index in [2.05, 4.69) is 5.32 Å². The summed E-state index contributed by atoms with van der Waals surface area (Å²) in [5.74, 6) is 0. The van der Waals surface area contributed by atoms with E-state index in [1.807, 2.05) is 6.92 Å². The van der Waals surface area contributed by atoms with Crippen LogP contribution in [0.15, 0.2) is 24.3 Å². The zero-order valence-electron chi connectivity index (χ0n) is 11.9. The van der Waals surface area contributed by atoms with Crippen molar-refractivity contribution < 1.29 is 14.5 Å². The van der Waals surface area contributed by atoms with Crippen molar-refractivity contribution >= 4 is 17.4 Å². The number of nitrogens with zero attached hydrogens (tertiary/aromatic N) is 2. The van der Waals surface area contributed by atoms with Crippen LogP contribution >= 0.6 is 0 Å². The van der Waals surface area contributed by atoms with Gasteiger partial charge in [-0.3, -0.25) is 10.1 Å². The second-order valence-corrected chi connectivity index (χ2v) is 4.87. The van der Waals surface area contributed by atoms with Crippen molar-refractivity contribution in [3.63, 3.8) is 0 Å². The molecule has 7 nitrogen and oxygen atoms in total. The lowest BCUT2D eigenvalue weighted by Crippen LogP contribution is -2.45. The third kappa shape index (κ3) is 3.91. The topological polar surface area (TPSA) is 84.7 Å². The SMILES string of the molecule is CCOC1CCCN(C(=O)Nc2ccccc2[N+](=O)[O-])C1. The van der Waals surface area contributed by atoms with Gasteiger partial charge in [0, 0.05) is 25.8 Å². The molecule has 1 unspecified atom stereocenters. The number of hydrogen-bond donors (Lipinski definition) is 1. The molecular weight excluding hydrogens is 274 g/mol. The van der Waals surface area contributed by atoms with Gasteiger partial charge in [0.05, 0.1) is 11.0 Å². The van der Waals surface area contributed by atoms with Crippen molar-refractivity contribution in [2.45, 2.75) is 25.9 Å². The zero-order valence-corrected chi connectivity index (χ0v) is 11.9. The second kappa shape index (κ2) is 7.03. The lowest BCUT2D eigenvalue weighted by atomic mass is 10.1. The zero-order chi connectivity index (χ0) is 15.2. The van der Waals surface area contributed by atoms with Crippen molar-refractivity contribution in [3.05, 3.63) is 34.4 Å². The average Bonchev–Trinajstić information content (AvgIpc) is 2.48. The lowest BCUT2D eigenvalue weighted by molar-refractivity contribution is -0.383. The van der Waals surface area contributed by atoms with Crippen LogP contribution in [0.3, 0.4) is 0 Å². The van der Waals surface area contributed by atoms with Gasteiger partial charge in [-0.25, -0.2) is 4.79 Å². The number of urea groups is 1. The van der Waals surface area contributed by atoms with Crippen molar-refractivity contribution in [2.75, 3.05) is 25.0 Å². The first-order valence-electron chi connectivity index (χ1n) is 7.02. The molecule has 2 amide bonds. The second-order valence-electron chi connectivity index (χ2n) is 4.87. The number of piperidine rings is 1. The highest BCUT2D eigenvalue weighted by atomic mass is 16.6. The number of rotatable bonds is 4. The molecule has 2 rings (SSSR count). The Morgan fingerprint density at radius 1 is 1.52 bits per heavy atom. The van der Waals surface area contributed by atoms with Crippen LogP contribution in [0.5, 0.6) is 0 Å². The average molecular weight is 293 g/mol. The minimum Gasteiger partial charge on any atom is -0.377 e. The fourth-order valence-electron chi connectivity index (χ4n) is 2.43. The quantitative estimate of drug-likeness (QED) is 0.683. The van der Waals surface area contributed by atoms with Gasteiger partial charge in [-0.1, -0.05) is 12.1 Å². The lowest BCUT2D eigenvalue weighted by Gasteiger charge is -2.32. The fourth-order valence-corrected chi connectivity index (χ4v) is 2.43. The van der Waals surface area contributed by atoms with E-state index in [1.165, 1.54) is 12.1 Å². The number of nitro benzene ring substituents is 1. The summed E-state index contributed by atoms with van der Waals surface area (Å²) in [7, 11) is 0. The van der Waals surface area contributed by atoms with Crippen LogP contribution < -0.4 is 5.32 Å². The summed E-state index contributed by atoms with van der Waals surface area (Å²) >= 11 is 0. The van der Waals surface area contributed by atoms with E-state index in [4.69, 9.17) is 4.74 Å². The van der Waals surface area contributed by atoms with E-state index < -0.39 is 4.92 Å². The number of anilines is 1. The first-order valence-corrected chi connectivity index (χ1v) is 7.02. The summed E-state index contributed by atoms with van der Waals surface area (Å²) < 4.78 is 5.55. The number of hydrogen-bond acceptors (Lipinski definition) is 4. The maximum absolute atomic E-state index is 12.2. The van der Waals surface area contributed by atoms with E-state index in [-0.39, 0.29) is 23.5 Å². The van der Waals surface area contributed by atoms with E-state index in [9.17, 15) is 14.9 Å². The normalized spacial score (nSPS) is 18.3. The van der Waals surface area contributed by atoms with Gasteiger partial charge in [0.15, 0.2) is 0 Å². The Balaban J connectivity index is 2.03. The van der Waals surface area contributed by atoms with Gasteiger partial charge in [0.25, 0.3) is 5.69 Å². The molecule has 0 aliphatic carbocycles. The molecule has 0 saturated carbocycles. The van der Waals surface area contributed by atoms with Gasteiger partial charge in [-0.05, 0) is 25.8 Å². The molecule has 0 spiro atoms. The Morgan fingerprint density at radius 2 is 2.29 bits per heavy atom. The molecule has 1 aromatic carbocycles. The van der Waals surface area contributed by atoms with Crippen molar-refractivity contribution in [1.82, 2.24) is 4.90 Å². The van der Waals surface area contributed by atoms with Gasteiger partial charge in [0.2, 0.25) is 0 Å². The van der Waals surface area contributed by atoms with Crippen LogP contribution in [0.4, 0.5) is 16.2 Å². The van der Waals surface area contributed by atoms with Crippen molar-refractivity contribution in [1.29, 1.82) is 0 Å². The smallest absolute Gasteiger partial charge is 0.322 e. The van der Waals surface area contributed by atoms with Crippen LogP contribution in [0.2, 0.25) is 0 Å². The van der Waals surface area contributed by atoms with Crippen LogP contribution in [0.25, 0.3) is 0 Å². The van der Waals surface area contributed by atoms with Gasteiger partial charge >= 0.3 is 6.03 Å². The van der Waals surface area contributed by atoms with Crippen LogP contribution in [0.1, 0.15) is 19.8 Å². The molecule has 114 valence electrons. The molecule has 21 heavy (non-hydrogen) atoms. The highest BCUT2D eigenvalue weighted by molar-refractivity contribution is 5.91. The molecule has 0 aromatic heterocycles. The van der Waals surface area contributed by atoms with Crippen LogP contribution in [-0.4, -0.2) is 41.7 Å². The number of amides is 2. The van der Waals surface area contributed by atoms with Crippen molar-refractivity contribution in [3.8, 4) is 0 Å². The fraction of sp³-hybridized carbons (Fsp3) is 0.500. The summed E-state index contributed by atoms with van der Waals surface area (Å²) in [5.41, 5.74) is 0.107. The number of para-hydroxylation sites is 2. The minimum atomic E-state index is -0.505. The summed E-state index contributed by atoms with van der Waals surface area (Å²) in [6, 6.07) is 5.80. The largest absolute Gasteiger partial charge is 0.377 e. The highest BCUT2D eigenvalue weighted by Gasteiger charge is 2.25. The number of carbonyl (C=O) groups excluding carboxylic acids is 1. The van der Waals surface area contributed by atoms with Crippen LogP contribution in [-0.2, 0) is 4.74 Å². The molecule has 1 N–H and O–H groups in total. The Hall–Kier alpha value is -2.15. The molecule has 1 fully saturated rings. The Bertz CT molecular complexity index is 519. The third-order valence-corrected chi connectivity index (χ3v) is 3.41. The molecule has 0 bridgehead atoms. The maximum atomic E-state index is 12.2. The standard InChI is InChI=1S/C14H19N3O4/c1-2-21-11-6-5-9-16(10-11)14(18)15-12-7-3-4-8-13(12)17(19)20/h3-4,7-8,11H,2,5-6,9-10H2,1H3,(H,15,18). The van der Waals surface area contributed by atoms with Gasteiger partial charge in [-0.15, -0.1) is 0 Å².